The van der Waals surface area contributed by atoms with Gasteiger partial charge in [0.05, 0.1) is 5.69 Å². The van der Waals surface area contributed by atoms with Crippen molar-refractivity contribution in [3.63, 3.8) is 0 Å². The second kappa shape index (κ2) is 4.22. The van der Waals surface area contributed by atoms with Gasteiger partial charge in [0, 0.05) is 11.1 Å². The molecule has 18 heavy (non-hydrogen) atoms. The van der Waals surface area contributed by atoms with Crippen LogP contribution >= 0.6 is 0 Å². The van der Waals surface area contributed by atoms with E-state index in [2.05, 4.69) is 45.0 Å². The van der Waals surface area contributed by atoms with E-state index in [0.717, 1.165) is 5.92 Å². The van der Waals surface area contributed by atoms with Crippen molar-refractivity contribution in [2.75, 3.05) is 0 Å². The minimum Gasteiger partial charge on any atom is -0.256 e. The Labute approximate surface area is 110 Å². The first-order valence-corrected chi connectivity index (χ1v) is 7.35. The van der Waals surface area contributed by atoms with Crippen molar-refractivity contribution in [1.82, 2.24) is 0 Å². The summed E-state index contributed by atoms with van der Waals surface area (Å²) >= 11 is 0. The summed E-state index contributed by atoms with van der Waals surface area (Å²) in [6.45, 7) is 7.03. The molecule has 0 amide bonds. The molecular formula is C17H23N. The lowest BCUT2D eigenvalue weighted by molar-refractivity contribution is 0.271. The fourth-order valence-electron chi connectivity index (χ4n) is 4.09. The molecule has 1 spiro atoms. The Morgan fingerprint density at radius 1 is 1.22 bits per heavy atom. The van der Waals surface area contributed by atoms with Gasteiger partial charge in [-0.15, -0.1) is 0 Å². The Morgan fingerprint density at radius 2 is 2.00 bits per heavy atom. The van der Waals surface area contributed by atoms with E-state index >= 15 is 0 Å². The first-order chi connectivity index (χ1) is 8.66. The fourth-order valence-corrected chi connectivity index (χ4v) is 4.09. The minimum absolute atomic E-state index is 0.253. The van der Waals surface area contributed by atoms with Crippen molar-refractivity contribution < 1.29 is 0 Å². The zero-order chi connectivity index (χ0) is 12.8. The number of aliphatic imine (C=N–C) groups is 1. The van der Waals surface area contributed by atoms with E-state index in [0.29, 0.717) is 5.92 Å². The molecule has 1 aliphatic heterocycles. The van der Waals surface area contributed by atoms with Gasteiger partial charge in [-0.2, -0.15) is 0 Å². The SMILES string of the molecule is CC(C)C1=Nc2ccccc2[C@@]12CCCC[C@H]2C. The number of benzene rings is 1. The largest absolute Gasteiger partial charge is 0.256 e. The van der Waals surface area contributed by atoms with Gasteiger partial charge < -0.3 is 0 Å². The predicted molar refractivity (Wildman–Crippen MR) is 77.7 cm³/mol. The summed E-state index contributed by atoms with van der Waals surface area (Å²) in [5.74, 6) is 1.29. The van der Waals surface area contributed by atoms with Gasteiger partial charge in [0.15, 0.2) is 0 Å². The molecule has 0 radical (unpaired) electrons. The first kappa shape index (κ1) is 12.0. The second-order valence-corrected chi connectivity index (χ2v) is 6.29. The van der Waals surface area contributed by atoms with Crippen molar-refractivity contribution in [2.45, 2.75) is 51.9 Å². The lowest BCUT2D eigenvalue weighted by Crippen LogP contribution is -2.44. The minimum atomic E-state index is 0.253. The molecule has 2 aliphatic rings. The van der Waals surface area contributed by atoms with Gasteiger partial charge in [-0.1, -0.05) is 51.8 Å². The van der Waals surface area contributed by atoms with Gasteiger partial charge in [-0.05, 0) is 36.3 Å². The van der Waals surface area contributed by atoms with Crippen LogP contribution in [0.1, 0.15) is 52.0 Å². The van der Waals surface area contributed by atoms with E-state index < -0.39 is 0 Å². The molecule has 3 rings (SSSR count). The fraction of sp³-hybridized carbons (Fsp3) is 0.588. The molecule has 1 nitrogen and oxygen atoms in total. The van der Waals surface area contributed by atoms with Crippen LogP contribution in [0.15, 0.2) is 29.3 Å². The van der Waals surface area contributed by atoms with Crippen molar-refractivity contribution in [2.24, 2.45) is 16.8 Å². The van der Waals surface area contributed by atoms with Crippen LogP contribution in [0.4, 0.5) is 5.69 Å². The van der Waals surface area contributed by atoms with Crippen LogP contribution in [-0.2, 0) is 5.41 Å². The summed E-state index contributed by atoms with van der Waals surface area (Å²) in [6, 6.07) is 8.80. The zero-order valence-corrected chi connectivity index (χ0v) is 11.7. The maximum Gasteiger partial charge on any atom is 0.0671 e. The lowest BCUT2D eigenvalue weighted by atomic mass is 9.60. The van der Waals surface area contributed by atoms with Crippen molar-refractivity contribution in [3.8, 4) is 0 Å². The Kier molecular flexibility index (Phi) is 2.80. The molecule has 1 aliphatic carbocycles. The van der Waals surface area contributed by atoms with Crippen LogP contribution in [0.2, 0.25) is 0 Å². The van der Waals surface area contributed by atoms with E-state index in [4.69, 9.17) is 4.99 Å². The van der Waals surface area contributed by atoms with Crippen molar-refractivity contribution in [1.29, 1.82) is 0 Å². The number of rotatable bonds is 1. The van der Waals surface area contributed by atoms with Gasteiger partial charge in [0.1, 0.15) is 0 Å². The third-order valence-electron chi connectivity index (χ3n) is 4.93. The number of hydrogen-bond acceptors (Lipinski definition) is 1. The monoisotopic (exact) mass is 241 g/mol. The highest BCUT2D eigenvalue weighted by Gasteiger charge is 2.48. The molecule has 0 N–H and O–H groups in total. The normalized spacial score (nSPS) is 30.7. The third-order valence-corrected chi connectivity index (χ3v) is 4.93. The molecule has 1 aromatic rings. The van der Waals surface area contributed by atoms with Crippen LogP contribution in [0.25, 0.3) is 0 Å². The van der Waals surface area contributed by atoms with Crippen LogP contribution in [0.5, 0.6) is 0 Å². The highest BCUT2D eigenvalue weighted by atomic mass is 14.8. The number of nitrogens with zero attached hydrogens (tertiary/aromatic N) is 1. The maximum atomic E-state index is 5.00. The Balaban J connectivity index is 2.18. The molecule has 1 saturated carbocycles. The van der Waals surface area contributed by atoms with E-state index in [9.17, 15) is 0 Å². The Hall–Kier alpha value is -1.11. The number of para-hydroxylation sites is 1. The summed E-state index contributed by atoms with van der Waals surface area (Å²) in [6.07, 6.45) is 5.38. The molecule has 1 heterocycles. The van der Waals surface area contributed by atoms with Gasteiger partial charge in [0.25, 0.3) is 0 Å². The summed E-state index contributed by atoms with van der Waals surface area (Å²) in [4.78, 5) is 5.00. The maximum absolute atomic E-state index is 5.00. The molecule has 2 atom stereocenters. The standard InChI is InChI=1S/C17H23N/c1-12(2)16-17(11-7-6-8-13(17)3)14-9-4-5-10-15(14)18-16/h4-5,9-10,12-13H,6-8,11H2,1-3H3/t13-,17+/m1/s1. The molecule has 0 aromatic heterocycles. The molecule has 0 saturated heterocycles. The van der Waals surface area contributed by atoms with Gasteiger partial charge >= 0.3 is 0 Å². The highest BCUT2D eigenvalue weighted by Crippen LogP contribution is 2.53. The quantitative estimate of drug-likeness (QED) is 0.664. The van der Waals surface area contributed by atoms with Crippen molar-refractivity contribution in [3.05, 3.63) is 29.8 Å². The summed E-state index contributed by atoms with van der Waals surface area (Å²) in [5.41, 5.74) is 4.43. The predicted octanol–water partition coefficient (Wildman–Crippen LogP) is 4.88. The van der Waals surface area contributed by atoms with Gasteiger partial charge in [-0.25, -0.2) is 0 Å². The average molecular weight is 241 g/mol. The second-order valence-electron chi connectivity index (χ2n) is 6.29. The average Bonchev–Trinajstić information content (AvgIpc) is 2.69. The molecule has 0 bridgehead atoms. The third kappa shape index (κ3) is 1.49. The van der Waals surface area contributed by atoms with Crippen LogP contribution in [0.3, 0.4) is 0 Å². The van der Waals surface area contributed by atoms with Gasteiger partial charge in [0.2, 0.25) is 0 Å². The van der Waals surface area contributed by atoms with Crippen LogP contribution in [0, 0.1) is 11.8 Å². The summed E-state index contributed by atoms with van der Waals surface area (Å²) in [5, 5.41) is 0. The first-order valence-electron chi connectivity index (χ1n) is 7.35. The topological polar surface area (TPSA) is 12.4 Å². The number of fused-ring (bicyclic) bond motifs is 2. The van der Waals surface area contributed by atoms with E-state index in [1.54, 1.807) is 0 Å². The lowest BCUT2D eigenvalue weighted by Gasteiger charge is -2.42. The molecule has 1 fully saturated rings. The Morgan fingerprint density at radius 3 is 2.72 bits per heavy atom. The van der Waals surface area contributed by atoms with Crippen LogP contribution in [-0.4, -0.2) is 5.71 Å². The van der Waals surface area contributed by atoms with E-state index in [1.165, 1.54) is 42.6 Å². The summed E-state index contributed by atoms with van der Waals surface area (Å²) < 4.78 is 0. The van der Waals surface area contributed by atoms with E-state index in [1.807, 2.05) is 0 Å². The molecular weight excluding hydrogens is 218 g/mol. The van der Waals surface area contributed by atoms with E-state index in [-0.39, 0.29) is 5.41 Å². The highest BCUT2D eigenvalue weighted by molar-refractivity contribution is 6.03. The van der Waals surface area contributed by atoms with Crippen LogP contribution < -0.4 is 0 Å². The number of hydrogen-bond donors (Lipinski definition) is 0. The van der Waals surface area contributed by atoms with Crippen molar-refractivity contribution >= 4 is 11.4 Å². The molecule has 1 aromatic carbocycles. The Bertz CT molecular complexity index is 486. The van der Waals surface area contributed by atoms with Gasteiger partial charge in [-0.3, -0.25) is 4.99 Å². The summed E-state index contributed by atoms with van der Waals surface area (Å²) in [7, 11) is 0. The zero-order valence-electron chi connectivity index (χ0n) is 11.7. The molecule has 1 heteroatoms. The molecule has 96 valence electrons. The smallest absolute Gasteiger partial charge is 0.0671 e. The molecule has 0 unspecified atom stereocenters.